The highest BCUT2D eigenvalue weighted by molar-refractivity contribution is 7.13. The Balaban J connectivity index is 1.50. The van der Waals surface area contributed by atoms with Gasteiger partial charge >= 0.3 is 5.97 Å². The third kappa shape index (κ3) is 5.19. The summed E-state index contributed by atoms with van der Waals surface area (Å²) in [4.78, 5) is 24.1. The molecule has 0 bridgehead atoms. The van der Waals surface area contributed by atoms with Crippen LogP contribution in [0.2, 0.25) is 0 Å². The van der Waals surface area contributed by atoms with Crippen molar-refractivity contribution in [3.8, 4) is 0 Å². The van der Waals surface area contributed by atoms with Crippen LogP contribution in [0, 0.1) is 12.8 Å². The lowest BCUT2D eigenvalue weighted by Gasteiger charge is -2.19. The first kappa shape index (κ1) is 20.1. The molecule has 150 valence electrons. The van der Waals surface area contributed by atoms with Crippen molar-refractivity contribution in [2.45, 2.75) is 52.1 Å². The lowest BCUT2D eigenvalue weighted by molar-refractivity contribution is 0.0531. The molecule has 2 N–H and O–H groups in total. The summed E-state index contributed by atoms with van der Waals surface area (Å²) >= 11 is 1.38. The number of aryl methyl sites for hydroxylation is 1. The van der Waals surface area contributed by atoms with E-state index < -0.39 is 0 Å². The van der Waals surface area contributed by atoms with E-state index in [1.165, 1.54) is 43.7 Å². The number of rotatable bonds is 7. The lowest BCUT2D eigenvalue weighted by Crippen LogP contribution is -2.41. The Kier molecular flexibility index (Phi) is 6.70. The molecule has 2 atom stereocenters. The van der Waals surface area contributed by atoms with Crippen molar-refractivity contribution in [1.82, 2.24) is 20.5 Å². The molecule has 1 saturated heterocycles. The molecule has 1 aromatic rings. The fourth-order valence-electron chi connectivity index (χ4n) is 3.49. The Bertz CT molecular complexity index is 686. The number of nitrogens with zero attached hydrogens (tertiary/aromatic N) is 3. The zero-order valence-corrected chi connectivity index (χ0v) is 17.6. The lowest BCUT2D eigenvalue weighted by atomic mass is 10.1. The highest BCUT2D eigenvalue weighted by atomic mass is 32.1. The van der Waals surface area contributed by atoms with Crippen LogP contribution in [-0.4, -0.2) is 61.1 Å². The Morgan fingerprint density at radius 2 is 2.22 bits per heavy atom. The van der Waals surface area contributed by atoms with Crippen molar-refractivity contribution < 1.29 is 9.53 Å². The molecule has 2 aliphatic rings. The van der Waals surface area contributed by atoms with Gasteiger partial charge in [0.25, 0.3) is 0 Å². The van der Waals surface area contributed by atoms with E-state index in [1.54, 1.807) is 7.05 Å². The van der Waals surface area contributed by atoms with E-state index >= 15 is 0 Å². The minimum Gasteiger partial charge on any atom is -0.462 e. The molecule has 7 nitrogen and oxygen atoms in total. The van der Waals surface area contributed by atoms with Crippen LogP contribution < -0.4 is 10.6 Å². The monoisotopic (exact) mass is 393 g/mol. The summed E-state index contributed by atoms with van der Waals surface area (Å²) in [6.07, 6.45) is 4.01. The molecular weight excluding hydrogens is 362 g/mol. The average molecular weight is 394 g/mol. The maximum absolute atomic E-state index is 12.0. The molecule has 1 aromatic heterocycles. The van der Waals surface area contributed by atoms with Gasteiger partial charge in [-0.2, -0.15) is 0 Å². The summed E-state index contributed by atoms with van der Waals surface area (Å²) < 4.78 is 5.10. The minimum absolute atomic E-state index is 0.0328. The summed E-state index contributed by atoms with van der Waals surface area (Å²) in [5.74, 6) is 1.16. The molecule has 1 aliphatic heterocycles. The van der Waals surface area contributed by atoms with Crippen molar-refractivity contribution in [3.63, 3.8) is 0 Å². The van der Waals surface area contributed by atoms with Crippen LogP contribution in [0.15, 0.2) is 4.99 Å². The molecule has 0 radical (unpaired) electrons. The van der Waals surface area contributed by atoms with Gasteiger partial charge in [-0.15, -0.1) is 11.3 Å². The predicted octanol–water partition coefficient (Wildman–Crippen LogP) is 2.34. The van der Waals surface area contributed by atoms with Crippen LogP contribution in [0.4, 0.5) is 0 Å². The number of ether oxygens (including phenoxy) is 1. The largest absolute Gasteiger partial charge is 0.462 e. The molecule has 2 fully saturated rings. The number of nitrogens with one attached hydrogen (secondary N) is 2. The Hall–Kier alpha value is -1.67. The Morgan fingerprint density at radius 1 is 1.44 bits per heavy atom. The molecular formula is C19H31N5O2S. The van der Waals surface area contributed by atoms with Crippen molar-refractivity contribution in [1.29, 1.82) is 0 Å². The fraction of sp³-hybridized carbons (Fsp3) is 0.737. The third-order valence-electron chi connectivity index (χ3n) is 5.16. The molecule has 0 spiro atoms. The van der Waals surface area contributed by atoms with Gasteiger partial charge in [0.05, 0.1) is 18.3 Å². The molecule has 0 aromatic carbocycles. The van der Waals surface area contributed by atoms with E-state index in [0.29, 0.717) is 17.4 Å². The van der Waals surface area contributed by atoms with Gasteiger partial charge in [-0.05, 0) is 52.5 Å². The quantitative estimate of drug-likeness (QED) is 0.421. The zero-order chi connectivity index (χ0) is 19.4. The summed E-state index contributed by atoms with van der Waals surface area (Å²) in [6, 6.07) is 0.823. The number of aliphatic imine (C=N–C) groups is 1. The van der Waals surface area contributed by atoms with Crippen LogP contribution in [-0.2, 0) is 4.74 Å². The summed E-state index contributed by atoms with van der Waals surface area (Å²) in [7, 11) is 1.78. The van der Waals surface area contributed by atoms with E-state index in [0.717, 1.165) is 29.2 Å². The number of hydrogen-bond acceptors (Lipinski definition) is 6. The molecule has 0 amide bonds. The molecule has 1 aliphatic carbocycles. The predicted molar refractivity (Wildman–Crippen MR) is 108 cm³/mol. The molecule has 2 heterocycles. The topological polar surface area (TPSA) is 78.8 Å². The standard InChI is InChI=1S/C19H31N5O2S/c1-5-26-18(25)16-12(2)22-17(27-16)13(3)23-19(20-4)21-10-14-8-9-24(11-14)15-6-7-15/h13-15H,5-11H2,1-4H3,(H2,20,21,23). The van der Waals surface area contributed by atoms with E-state index in [4.69, 9.17) is 4.74 Å². The smallest absolute Gasteiger partial charge is 0.350 e. The number of carbonyl (C=O) groups is 1. The first-order valence-corrected chi connectivity index (χ1v) is 10.7. The second kappa shape index (κ2) is 9.01. The number of aromatic nitrogens is 1. The van der Waals surface area contributed by atoms with Gasteiger partial charge in [-0.1, -0.05) is 0 Å². The van der Waals surface area contributed by atoms with Gasteiger partial charge in [0.15, 0.2) is 5.96 Å². The summed E-state index contributed by atoms with van der Waals surface area (Å²) in [5.41, 5.74) is 0.719. The normalized spacial score (nSPS) is 21.9. The zero-order valence-electron chi connectivity index (χ0n) is 16.7. The van der Waals surface area contributed by atoms with Crippen molar-refractivity contribution in [3.05, 3.63) is 15.6 Å². The SMILES string of the molecule is CCOC(=O)c1sc(C(C)NC(=NC)NCC2CCN(C3CC3)C2)nc1C. The summed E-state index contributed by atoms with van der Waals surface area (Å²) in [5, 5.41) is 7.70. The molecule has 1 saturated carbocycles. The van der Waals surface area contributed by atoms with Gasteiger partial charge in [-0.3, -0.25) is 4.99 Å². The number of carbonyl (C=O) groups excluding carboxylic acids is 1. The van der Waals surface area contributed by atoms with Crippen LogP contribution in [0.25, 0.3) is 0 Å². The minimum atomic E-state index is -0.296. The average Bonchev–Trinajstić information content (AvgIpc) is 3.26. The van der Waals surface area contributed by atoms with E-state index in [-0.39, 0.29) is 12.0 Å². The summed E-state index contributed by atoms with van der Waals surface area (Å²) in [6.45, 7) is 9.41. The van der Waals surface area contributed by atoms with Gasteiger partial charge < -0.3 is 20.3 Å². The van der Waals surface area contributed by atoms with Crippen LogP contribution >= 0.6 is 11.3 Å². The fourth-order valence-corrected chi connectivity index (χ4v) is 4.45. The van der Waals surface area contributed by atoms with E-state index in [1.807, 2.05) is 20.8 Å². The van der Waals surface area contributed by atoms with Gasteiger partial charge in [-0.25, -0.2) is 9.78 Å². The molecule has 8 heteroatoms. The first-order valence-electron chi connectivity index (χ1n) is 9.87. The van der Waals surface area contributed by atoms with Crippen molar-refractivity contribution >= 4 is 23.3 Å². The number of hydrogen-bond donors (Lipinski definition) is 2. The van der Waals surface area contributed by atoms with Crippen molar-refractivity contribution in [2.75, 3.05) is 33.3 Å². The van der Waals surface area contributed by atoms with Crippen LogP contribution in [0.1, 0.15) is 59.5 Å². The van der Waals surface area contributed by atoms with E-state index in [9.17, 15) is 4.79 Å². The maximum atomic E-state index is 12.0. The Labute approximate surface area is 165 Å². The second-order valence-electron chi connectivity index (χ2n) is 7.39. The van der Waals surface area contributed by atoms with Crippen molar-refractivity contribution in [2.24, 2.45) is 10.9 Å². The molecule has 27 heavy (non-hydrogen) atoms. The third-order valence-corrected chi connectivity index (χ3v) is 6.48. The van der Waals surface area contributed by atoms with Crippen LogP contribution in [0.5, 0.6) is 0 Å². The first-order chi connectivity index (χ1) is 13.0. The number of likely N-dealkylation sites (tertiary alicyclic amines) is 1. The maximum Gasteiger partial charge on any atom is 0.350 e. The van der Waals surface area contributed by atoms with Gasteiger partial charge in [0.2, 0.25) is 0 Å². The highest BCUT2D eigenvalue weighted by Crippen LogP contribution is 2.31. The van der Waals surface area contributed by atoms with Gasteiger partial charge in [0, 0.05) is 26.2 Å². The Morgan fingerprint density at radius 3 is 2.89 bits per heavy atom. The van der Waals surface area contributed by atoms with E-state index in [2.05, 4.69) is 25.5 Å². The van der Waals surface area contributed by atoms with Crippen LogP contribution in [0.3, 0.4) is 0 Å². The molecule has 2 unspecified atom stereocenters. The number of guanidine groups is 1. The van der Waals surface area contributed by atoms with Gasteiger partial charge in [0.1, 0.15) is 9.88 Å². The molecule has 3 rings (SSSR count). The number of thiazole rings is 1. The highest BCUT2D eigenvalue weighted by Gasteiger charge is 2.34. The number of esters is 1. The second-order valence-corrected chi connectivity index (χ2v) is 8.42.